The third kappa shape index (κ3) is 5.14. The summed E-state index contributed by atoms with van der Waals surface area (Å²) in [5.74, 6) is 1.43. The molecule has 0 saturated carbocycles. The SMILES string of the molecule is CC(C)(C)Oc1ccc(C(O)(c2ccc(OC(C)(C)C)cc2)[C@H]2CCC(=O)N2)cc1. The van der Waals surface area contributed by atoms with E-state index in [2.05, 4.69) is 5.32 Å². The van der Waals surface area contributed by atoms with E-state index in [1.54, 1.807) is 0 Å². The van der Waals surface area contributed by atoms with Gasteiger partial charge in [0.15, 0.2) is 0 Å². The second-order valence-corrected chi connectivity index (χ2v) is 9.90. The molecule has 2 aromatic carbocycles. The summed E-state index contributed by atoms with van der Waals surface area (Å²) in [6.07, 6.45) is 0.971. The van der Waals surface area contributed by atoms with E-state index in [9.17, 15) is 9.90 Å². The number of ether oxygens (including phenoxy) is 2. The van der Waals surface area contributed by atoms with E-state index in [4.69, 9.17) is 9.47 Å². The van der Waals surface area contributed by atoms with Crippen LogP contribution in [0.5, 0.6) is 11.5 Å². The quantitative estimate of drug-likeness (QED) is 0.757. The van der Waals surface area contributed by atoms with E-state index in [1.807, 2.05) is 90.1 Å². The number of hydrogen-bond acceptors (Lipinski definition) is 4. The Labute approximate surface area is 179 Å². The number of rotatable bonds is 5. The van der Waals surface area contributed by atoms with Crippen LogP contribution in [0.1, 0.15) is 65.5 Å². The predicted molar refractivity (Wildman–Crippen MR) is 118 cm³/mol. The van der Waals surface area contributed by atoms with Crippen LogP contribution in [0.2, 0.25) is 0 Å². The van der Waals surface area contributed by atoms with Crippen molar-refractivity contribution in [1.29, 1.82) is 0 Å². The molecule has 0 aliphatic carbocycles. The first-order valence-corrected chi connectivity index (χ1v) is 10.5. The van der Waals surface area contributed by atoms with Crippen LogP contribution < -0.4 is 14.8 Å². The summed E-state index contributed by atoms with van der Waals surface area (Å²) in [5.41, 5.74) is -0.548. The summed E-state index contributed by atoms with van der Waals surface area (Å²) >= 11 is 0. The first kappa shape index (κ1) is 22.2. The third-order valence-corrected chi connectivity index (χ3v) is 4.94. The molecule has 1 heterocycles. The highest BCUT2D eigenvalue weighted by atomic mass is 16.5. The summed E-state index contributed by atoms with van der Waals surface area (Å²) < 4.78 is 11.8. The van der Waals surface area contributed by atoms with Crippen LogP contribution in [0.25, 0.3) is 0 Å². The van der Waals surface area contributed by atoms with Crippen LogP contribution in [-0.2, 0) is 10.4 Å². The second-order valence-electron chi connectivity index (χ2n) is 9.90. The van der Waals surface area contributed by atoms with Crippen molar-refractivity contribution in [2.75, 3.05) is 0 Å². The lowest BCUT2D eigenvalue weighted by atomic mass is 9.79. The van der Waals surface area contributed by atoms with E-state index in [0.717, 1.165) is 11.5 Å². The maximum Gasteiger partial charge on any atom is 0.220 e. The summed E-state index contributed by atoms with van der Waals surface area (Å²) in [6, 6.07) is 14.5. The Morgan fingerprint density at radius 2 is 1.20 bits per heavy atom. The number of hydrogen-bond donors (Lipinski definition) is 2. The minimum atomic E-state index is -1.35. The van der Waals surface area contributed by atoms with Crippen LogP contribution in [0.3, 0.4) is 0 Å². The number of benzene rings is 2. The summed E-state index contributed by atoms with van der Waals surface area (Å²) in [7, 11) is 0. The van der Waals surface area contributed by atoms with Crippen LogP contribution in [-0.4, -0.2) is 28.3 Å². The number of aliphatic hydroxyl groups is 1. The van der Waals surface area contributed by atoms with E-state index in [0.29, 0.717) is 24.0 Å². The van der Waals surface area contributed by atoms with Gasteiger partial charge in [0.2, 0.25) is 5.91 Å². The summed E-state index contributed by atoms with van der Waals surface area (Å²) in [6.45, 7) is 12.0. The van der Waals surface area contributed by atoms with Gasteiger partial charge < -0.3 is 19.9 Å². The van der Waals surface area contributed by atoms with E-state index in [-0.39, 0.29) is 17.1 Å². The van der Waals surface area contributed by atoms with E-state index >= 15 is 0 Å². The molecular weight excluding hydrogens is 378 g/mol. The maximum atomic E-state index is 11.9. The van der Waals surface area contributed by atoms with E-state index in [1.165, 1.54) is 0 Å². The van der Waals surface area contributed by atoms with Gasteiger partial charge in [-0.05, 0) is 83.4 Å². The molecule has 5 nitrogen and oxygen atoms in total. The molecule has 0 spiro atoms. The lowest BCUT2D eigenvalue weighted by Crippen LogP contribution is -2.47. The fraction of sp³-hybridized carbons (Fsp3) is 0.480. The van der Waals surface area contributed by atoms with Gasteiger partial charge in [0, 0.05) is 6.42 Å². The van der Waals surface area contributed by atoms with Gasteiger partial charge in [-0.25, -0.2) is 0 Å². The van der Waals surface area contributed by atoms with Gasteiger partial charge in [0.1, 0.15) is 28.3 Å². The Morgan fingerprint density at radius 1 is 0.800 bits per heavy atom. The fourth-order valence-corrected chi connectivity index (χ4v) is 3.76. The van der Waals surface area contributed by atoms with Crippen molar-refractivity contribution < 1.29 is 19.4 Å². The van der Waals surface area contributed by atoms with Gasteiger partial charge >= 0.3 is 0 Å². The van der Waals surface area contributed by atoms with Crippen LogP contribution in [0.4, 0.5) is 0 Å². The first-order chi connectivity index (χ1) is 13.9. The molecule has 0 bridgehead atoms. The standard InChI is InChI=1S/C25H33NO4/c1-23(2,3)29-19-11-7-17(8-12-19)25(28,21-15-16-22(27)26-21)18-9-13-20(14-10-18)30-24(4,5)6/h7-14,21,28H,15-16H2,1-6H3,(H,26,27)/t21-/m1/s1. The van der Waals surface area contributed by atoms with Gasteiger partial charge in [-0.15, -0.1) is 0 Å². The smallest absolute Gasteiger partial charge is 0.220 e. The molecular formula is C25H33NO4. The molecule has 162 valence electrons. The van der Waals surface area contributed by atoms with Crippen molar-refractivity contribution in [2.45, 2.75) is 77.2 Å². The average Bonchev–Trinajstić information content (AvgIpc) is 3.06. The number of amides is 1. The Balaban J connectivity index is 1.97. The van der Waals surface area contributed by atoms with Crippen LogP contribution in [0.15, 0.2) is 48.5 Å². The number of nitrogens with one attached hydrogen (secondary N) is 1. The zero-order chi connectivity index (χ0) is 22.2. The molecule has 5 heteroatoms. The van der Waals surface area contributed by atoms with Gasteiger partial charge in [-0.2, -0.15) is 0 Å². The molecule has 1 aliphatic rings. The molecule has 0 unspecified atom stereocenters. The number of carbonyl (C=O) groups is 1. The molecule has 2 aromatic rings. The normalized spacial score (nSPS) is 17.6. The highest BCUT2D eigenvalue weighted by Crippen LogP contribution is 2.38. The molecule has 30 heavy (non-hydrogen) atoms. The van der Waals surface area contributed by atoms with Crippen molar-refractivity contribution in [1.82, 2.24) is 5.32 Å². The minimum Gasteiger partial charge on any atom is -0.488 e. The molecule has 1 amide bonds. The number of carbonyl (C=O) groups excluding carboxylic acids is 1. The van der Waals surface area contributed by atoms with Gasteiger partial charge in [-0.3, -0.25) is 4.79 Å². The highest BCUT2D eigenvalue weighted by molar-refractivity contribution is 5.79. The predicted octanol–water partition coefficient (Wildman–Crippen LogP) is 4.56. The molecule has 2 N–H and O–H groups in total. The first-order valence-electron chi connectivity index (χ1n) is 10.5. The zero-order valence-corrected chi connectivity index (χ0v) is 18.8. The van der Waals surface area contributed by atoms with E-state index < -0.39 is 11.6 Å². The third-order valence-electron chi connectivity index (χ3n) is 4.94. The van der Waals surface area contributed by atoms with Crippen molar-refractivity contribution >= 4 is 5.91 Å². The molecule has 0 aromatic heterocycles. The maximum absolute atomic E-state index is 11.9. The Morgan fingerprint density at radius 3 is 1.50 bits per heavy atom. The van der Waals surface area contributed by atoms with Crippen LogP contribution in [0, 0.1) is 0 Å². The zero-order valence-electron chi connectivity index (χ0n) is 18.8. The molecule has 0 radical (unpaired) electrons. The lowest BCUT2D eigenvalue weighted by molar-refractivity contribution is -0.120. The minimum absolute atomic E-state index is 0.0428. The van der Waals surface area contributed by atoms with Gasteiger partial charge in [0.05, 0.1) is 6.04 Å². The van der Waals surface area contributed by atoms with Crippen molar-refractivity contribution in [2.24, 2.45) is 0 Å². The van der Waals surface area contributed by atoms with Crippen molar-refractivity contribution in [3.8, 4) is 11.5 Å². The monoisotopic (exact) mass is 411 g/mol. The second kappa shape index (κ2) is 7.95. The average molecular weight is 412 g/mol. The highest BCUT2D eigenvalue weighted by Gasteiger charge is 2.43. The Kier molecular flexibility index (Phi) is 5.87. The van der Waals surface area contributed by atoms with Gasteiger partial charge in [-0.1, -0.05) is 24.3 Å². The van der Waals surface area contributed by atoms with Crippen molar-refractivity contribution in [3.05, 3.63) is 59.7 Å². The van der Waals surface area contributed by atoms with Gasteiger partial charge in [0.25, 0.3) is 0 Å². The molecule has 1 fully saturated rings. The lowest BCUT2D eigenvalue weighted by Gasteiger charge is -2.35. The Bertz CT molecular complexity index is 814. The molecule has 1 saturated heterocycles. The largest absolute Gasteiger partial charge is 0.488 e. The summed E-state index contributed by atoms with van der Waals surface area (Å²) in [5, 5.41) is 14.9. The van der Waals surface area contributed by atoms with Crippen molar-refractivity contribution in [3.63, 3.8) is 0 Å². The van der Waals surface area contributed by atoms with Crippen LogP contribution >= 0.6 is 0 Å². The fourth-order valence-electron chi connectivity index (χ4n) is 3.76. The summed E-state index contributed by atoms with van der Waals surface area (Å²) in [4.78, 5) is 11.9. The molecule has 3 rings (SSSR count). The molecule has 1 aliphatic heterocycles. The Hall–Kier alpha value is -2.53. The molecule has 1 atom stereocenters. The topological polar surface area (TPSA) is 67.8 Å².